The lowest BCUT2D eigenvalue weighted by Crippen LogP contribution is -2.37. The predicted octanol–water partition coefficient (Wildman–Crippen LogP) is 3.87. The van der Waals surface area contributed by atoms with E-state index in [4.69, 9.17) is 4.98 Å². The Hall–Kier alpha value is -1.60. The monoisotopic (exact) mass is 417 g/mol. The number of carbonyl (C=O) groups excluding carboxylic acids is 1. The Bertz CT molecular complexity index is 957. The first-order valence-electron chi connectivity index (χ1n) is 10.1. The number of amides is 1. The summed E-state index contributed by atoms with van der Waals surface area (Å²) < 4.78 is 1.69. The Balaban J connectivity index is 1.65. The van der Waals surface area contributed by atoms with Crippen LogP contribution in [0.1, 0.15) is 43.0 Å². The first-order chi connectivity index (χ1) is 13.6. The number of rotatable bonds is 5. The van der Waals surface area contributed by atoms with Crippen LogP contribution in [0.4, 0.5) is 0 Å². The van der Waals surface area contributed by atoms with Crippen LogP contribution in [-0.2, 0) is 24.2 Å². The minimum Gasteiger partial charge on any atom is -0.342 e. The van der Waals surface area contributed by atoms with Crippen LogP contribution in [0.5, 0.6) is 0 Å². The van der Waals surface area contributed by atoms with E-state index in [2.05, 4.69) is 13.5 Å². The van der Waals surface area contributed by atoms with Crippen molar-refractivity contribution in [3.63, 3.8) is 0 Å². The summed E-state index contributed by atoms with van der Waals surface area (Å²) in [5, 5.41) is 1.43. The lowest BCUT2D eigenvalue weighted by atomic mass is 9.89. The normalized spacial score (nSPS) is 19.6. The summed E-state index contributed by atoms with van der Waals surface area (Å²) in [6.07, 6.45) is 8.22. The summed E-state index contributed by atoms with van der Waals surface area (Å²) in [7, 11) is 0. The van der Waals surface area contributed by atoms with Crippen LogP contribution < -0.4 is 5.56 Å². The van der Waals surface area contributed by atoms with Gasteiger partial charge in [-0.2, -0.15) is 0 Å². The molecule has 1 amide bonds. The fourth-order valence-electron chi connectivity index (χ4n) is 4.17. The molecule has 2 aromatic heterocycles. The van der Waals surface area contributed by atoms with E-state index in [1.165, 1.54) is 28.6 Å². The lowest BCUT2D eigenvalue weighted by molar-refractivity contribution is -0.129. The number of aromatic nitrogens is 2. The second-order valence-electron chi connectivity index (χ2n) is 7.86. The van der Waals surface area contributed by atoms with E-state index in [0.717, 1.165) is 55.4 Å². The van der Waals surface area contributed by atoms with Crippen molar-refractivity contribution in [2.24, 2.45) is 5.92 Å². The van der Waals surface area contributed by atoms with Gasteiger partial charge in [-0.1, -0.05) is 24.8 Å². The van der Waals surface area contributed by atoms with Crippen molar-refractivity contribution in [3.8, 4) is 0 Å². The number of aryl methyl sites for hydroxylation is 1. The van der Waals surface area contributed by atoms with Gasteiger partial charge in [-0.05, 0) is 50.0 Å². The summed E-state index contributed by atoms with van der Waals surface area (Å²) in [6, 6.07) is 0. The van der Waals surface area contributed by atoms with E-state index in [-0.39, 0.29) is 11.5 Å². The lowest BCUT2D eigenvalue weighted by Gasteiger charge is -2.26. The molecule has 7 heteroatoms. The van der Waals surface area contributed by atoms with Crippen LogP contribution in [0.2, 0.25) is 0 Å². The van der Waals surface area contributed by atoms with Gasteiger partial charge in [-0.3, -0.25) is 14.2 Å². The molecular formula is C21H27N3O2S2. The van der Waals surface area contributed by atoms with Gasteiger partial charge in [-0.25, -0.2) is 4.98 Å². The van der Waals surface area contributed by atoms with E-state index in [1.54, 1.807) is 22.0 Å². The third kappa shape index (κ3) is 3.79. The van der Waals surface area contributed by atoms with Crippen molar-refractivity contribution in [1.29, 1.82) is 0 Å². The maximum Gasteiger partial charge on any atom is 0.263 e. The molecule has 1 aliphatic carbocycles. The smallest absolute Gasteiger partial charge is 0.263 e. The molecule has 4 rings (SSSR count). The van der Waals surface area contributed by atoms with Gasteiger partial charge in [0.2, 0.25) is 5.91 Å². The Morgan fingerprint density at radius 2 is 2.14 bits per heavy atom. The van der Waals surface area contributed by atoms with Crippen molar-refractivity contribution in [2.75, 3.05) is 18.8 Å². The molecule has 0 spiro atoms. The fraction of sp³-hybridized carbons (Fsp3) is 0.571. The molecule has 3 heterocycles. The van der Waals surface area contributed by atoms with Crippen molar-refractivity contribution < 1.29 is 4.79 Å². The van der Waals surface area contributed by atoms with Crippen LogP contribution in [-0.4, -0.2) is 39.2 Å². The van der Waals surface area contributed by atoms with Crippen molar-refractivity contribution in [1.82, 2.24) is 14.5 Å². The molecule has 1 aliphatic heterocycles. The zero-order valence-electron chi connectivity index (χ0n) is 16.4. The van der Waals surface area contributed by atoms with E-state index in [1.807, 2.05) is 4.90 Å². The molecule has 0 saturated carbocycles. The number of carbonyl (C=O) groups is 1. The van der Waals surface area contributed by atoms with Gasteiger partial charge < -0.3 is 4.90 Å². The molecule has 150 valence electrons. The highest BCUT2D eigenvalue weighted by atomic mass is 32.2. The fourth-order valence-corrected chi connectivity index (χ4v) is 6.50. The van der Waals surface area contributed by atoms with Gasteiger partial charge in [0, 0.05) is 24.5 Å². The number of allylic oxidation sites excluding steroid dienone is 1. The molecule has 1 atom stereocenters. The molecule has 2 aliphatic rings. The minimum absolute atomic E-state index is 0.0184. The first kappa shape index (κ1) is 19.7. The van der Waals surface area contributed by atoms with Gasteiger partial charge in [0.05, 0.1) is 11.1 Å². The summed E-state index contributed by atoms with van der Waals surface area (Å²) in [6.45, 7) is 8.19. The van der Waals surface area contributed by atoms with Gasteiger partial charge in [0.1, 0.15) is 4.83 Å². The second kappa shape index (κ2) is 8.41. The standard InChI is InChI=1S/C21H27N3O2S2/c1-3-9-24-20(26)18-15-8-7-14(2)12-16(15)28-19(18)22-21(24)27-13-17(25)23-10-5-4-6-11-23/h3,14H,1,4-13H2,2H3/t14-/m0/s1. The van der Waals surface area contributed by atoms with Crippen LogP contribution in [0.25, 0.3) is 10.2 Å². The molecule has 0 N–H and O–H groups in total. The zero-order chi connectivity index (χ0) is 19.7. The van der Waals surface area contributed by atoms with E-state index in [0.29, 0.717) is 23.4 Å². The molecule has 0 aromatic carbocycles. The number of piperidine rings is 1. The number of thioether (sulfide) groups is 1. The maximum atomic E-state index is 13.3. The van der Waals surface area contributed by atoms with Crippen LogP contribution in [0.3, 0.4) is 0 Å². The van der Waals surface area contributed by atoms with E-state index >= 15 is 0 Å². The molecule has 0 bridgehead atoms. The number of likely N-dealkylation sites (tertiary alicyclic amines) is 1. The third-order valence-corrected chi connectivity index (χ3v) is 7.83. The van der Waals surface area contributed by atoms with Crippen molar-refractivity contribution in [2.45, 2.75) is 57.1 Å². The molecule has 1 fully saturated rings. The van der Waals surface area contributed by atoms with Crippen LogP contribution >= 0.6 is 23.1 Å². The van der Waals surface area contributed by atoms with Gasteiger partial charge in [0.15, 0.2) is 5.16 Å². The molecule has 2 aromatic rings. The number of hydrogen-bond acceptors (Lipinski definition) is 5. The van der Waals surface area contributed by atoms with Gasteiger partial charge in [-0.15, -0.1) is 17.9 Å². The summed E-state index contributed by atoms with van der Waals surface area (Å²) in [5.41, 5.74) is 1.22. The molecule has 28 heavy (non-hydrogen) atoms. The molecule has 5 nitrogen and oxygen atoms in total. The largest absolute Gasteiger partial charge is 0.342 e. The maximum absolute atomic E-state index is 13.3. The highest BCUT2D eigenvalue weighted by molar-refractivity contribution is 7.99. The Morgan fingerprint density at radius 3 is 2.89 bits per heavy atom. The summed E-state index contributed by atoms with van der Waals surface area (Å²) in [4.78, 5) is 34.7. The van der Waals surface area contributed by atoms with Crippen LogP contribution in [0.15, 0.2) is 22.6 Å². The van der Waals surface area contributed by atoms with Gasteiger partial charge >= 0.3 is 0 Å². The Labute approximate surface area is 173 Å². The quantitative estimate of drug-likeness (QED) is 0.421. The predicted molar refractivity (Wildman–Crippen MR) is 116 cm³/mol. The van der Waals surface area contributed by atoms with E-state index < -0.39 is 0 Å². The summed E-state index contributed by atoms with van der Waals surface area (Å²) >= 11 is 3.05. The van der Waals surface area contributed by atoms with E-state index in [9.17, 15) is 9.59 Å². The molecule has 0 unspecified atom stereocenters. The first-order valence-corrected chi connectivity index (χ1v) is 11.9. The SMILES string of the molecule is C=CCn1c(SCC(=O)N2CCCCC2)nc2sc3c(c2c1=O)CC[C@H](C)C3. The average molecular weight is 418 g/mol. The third-order valence-electron chi connectivity index (χ3n) is 5.73. The highest BCUT2D eigenvalue weighted by Crippen LogP contribution is 2.36. The van der Waals surface area contributed by atoms with Crippen molar-refractivity contribution >= 4 is 39.2 Å². The number of hydrogen-bond donors (Lipinski definition) is 0. The topological polar surface area (TPSA) is 55.2 Å². The minimum atomic E-state index is 0.0184. The number of fused-ring (bicyclic) bond motifs is 3. The average Bonchev–Trinajstić information content (AvgIpc) is 3.06. The molecule has 0 radical (unpaired) electrons. The van der Waals surface area contributed by atoms with Gasteiger partial charge in [0.25, 0.3) is 5.56 Å². The molecular weight excluding hydrogens is 390 g/mol. The Kier molecular flexibility index (Phi) is 5.92. The number of nitrogens with zero attached hydrogens (tertiary/aromatic N) is 3. The molecule has 1 saturated heterocycles. The summed E-state index contributed by atoms with van der Waals surface area (Å²) in [5.74, 6) is 1.13. The van der Waals surface area contributed by atoms with Crippen LogP contribution in [0, 0.1) is 5.92 Å². The Morgan fingerprint density at radius 1 is 1.36 bits per heavy atom. The van der Waals surface area contributed by atoms with Crippen molar-refractivity contribution in [3.05, 3.63) is 33.4 Å². The zero-order valence-corrected chi connectivity index (χ0v) is 18.0. The second-order valence-corrected chi connectivity index (χ2v) is 9.89. The number of thiophene rings is 1. The highest BCUT2D eigenvalue weighted by Gasteiger charge is 2.25.